The van der Waals surface area contributed by atoms with Gasteiger partial charge in [-0.15, -0.1) is 9.78 Å². The Hall–Kier alpha value is 1.36. The Balaban J connectivity index is 0. The first-order chi connectivity index (χ1) is 2.21. The monoisotopic (exact) mass is 157 g/mol. The number of hydrogen-bond acceptors (Lipinski definition) is 4. The zero-order valence-electron chi connectivity index (χ0n) is 2.59. The minimum absolute atomic E-state index is 0. The van der Waals surface area contributed by atoms with Crippen LogP contribution in [0, 0.1) is 0 Å². The first-order valence-electron chi connectivity index (χ1n) is 1.02. The van der Waals surface area contributed by atoms with E-state index in [4.69, 9.17) is 10.2 Å². The summed E-state index contributed by atoms with van der Waals surface area (Å²) in [6.45, 7) is 0. The predicted octanol–water partition coefficient (Wildman–Crippen LogP) is -2.11. The maximum atomic E-state index is 7.74. The fraction of sp³-hybridized carbons (Fsp3) is 1.00. The Morgan fingerprint density at radius 3 is 1.29 bits per heavy atom. The van der Waals surface area contributed by atoms with Crippen molar-refractivity contribution < 1.29 is 37.1 Å². The molecule has 1 saturated heterocycles. The average molecular weight is 157 g/mol. The molecule has 4 nitrogen and oxygen atoms in total. The quantitative estimate of drug-likeness (QED) is 0.183. The van der Waals surface area contributed by atoms with Crippen LogP contribution >= 0.6 is 0 Å². The van der Waals surface area contributed by atoms with Crippen molar-refractivity contribution in [2.24, 2.45) is 0 Å². The molecule has 0 spiro atoms. The molecule has 0 aromatic carbocycles. The fourth-order valence-corrected chi connectivity index (χ4v) is 0.0373. The van der Waals surface area contributed by atoms with Gasteiger partial charge in [-0.25, -0.2) is 0 Å². The first kappa shape index (κ1) is 11.2. The molecule has 0 saturated carbocycles. The average Bonchev–Trinajstić information content (AvgIpc) is 1.76. The number of aliphatic hydroxyl groups is 2. The van der Waals surface area contributed by atoms with Gasteiger partial charge in [0.2, 0.25) is 0 Å². The molecule has 0 bridgehead atoms. The normalized spacial score (nSPS) is 21.4. The first-order valence-corrected chi connectivity index (χ1v) is 1.02. The van der Waals surface area contributed by atoms with E-state index in [-0.39, 0.29) is 46.6 Å². The molecule has 7 heavy (non-hydrogen) atoms. The third-order valence-corrected chi connectivity index (χ3v) is 0.232. The molecule has 0 aliphatic carbocycles. The third-order valence-electron chi connectivity index (χ3n) is 0.232. The van der Waals surface area contributed by atoms with Crippen LogP contribution in [0.4, 0.5) is 0 Å². The molecule has 0 unspecified atom stereocenters. The molecule has 1 radical (unpaired) electrons. The van der Waals surface area contributed by atoms with E-state index in [2.05, 4.69) is 9.78 Å². The van der Waals surface area contributed by atoms with E-state index in [0.29, 0.717) is 0 Å². The van der Waals surface area contributed by atoms with Crippen LogP contribution in [-0.2, 0) is 26.8 Å². The zero-order valence-corrected chi connectivity index (χ0v) is 3.77. The van der Waals surface area contributed by atoms with E-state index in [0.717, 1.165) is 0 Å². The van der Waals surface area contributed by atoms with Crippen molar-refractivity contribution in [1.29, 1.82) is 0 Å². The molecular weight excluding hydrogens is 154 g/mol. The molecular formula is CH3MnNaO4. The summed E-state index contributed by atoms with van der Waals surface area (Å²) < 4.78 is 0. The van der Waals surface area contributed by atoms with Crippen molar-refractivity contribution in [3.63, 3.8) is 0 Å². The number of rotatable bonds is 0. The van der Waals surface area contributed by atoms with Crippen LogP contribution in [0.5, 0.6) is 0 Å². The van der Waals surface area contributed by atoms with E-state index in [1.54, 1.807) is 0 Å². The van der Waals surface area contributed by atoms with Crippen molar-refractivity contribution in [3.05, 3.63) is 0 Å². The van der Waals surface area contributed by atoms with Crippen LogP contribution in [0.3, 0.4) is 0 Å². The van der Waals surface area contributed by atoms with Gasteiger partial charge in [0.1, 0.15) is 0 Å². The van der Waals surface area contributed by atoms with Gasteiger partial charge in [0, 0.05) is 17.1 Å². The molecule has 1 rings (SSSR count). The van der Waals surface area contributed by atoms with Crippen molar-refractivity contribution in [1.82, 2.24) is 0 Å². The summed E-state index contributed by atoms with van der Waals surface area (Å²) in [5, 5.41) is 15.5. The summed E-state index contributed by atoms with van der Waals surface area (Å²) >= 11 is 0. The number of hydrogen-bond donors (Lipinski definition) is 2. The van der Waals surface area contributed by atoms with Gasteiger partial charge >= 0.3 is 35.7 Å². The Bertz CT molecular complexity index is 49.7. The van der Waals surface area contributed by atoms with Crippen molar-refractivity contribution >= 4 is 29.6 Å². The summed E-state index contributed by atoms with van der Waals surface area (Å²) in [4.78, 5) is 7.01. The van der Waals surface area contributed by atoms with Crippen LogP contribution in [0.2, 0.25) is 0 Å². The van der Waals surface area contributed by atoms with Crippen LogP contribution < -0.4 is 0 Å². The van der Waals surface area contributed by atoms with Gasteiger partial charge in [-0.2, -0.15) is 0 Å². The summed E-state index contributed by atoms with van der Waals surface area (Å²) in [5.74, 6) is 0. The van der Waals surface area contributed by atoms with Gasteiger partial charge < -0.3 is 10.2 Å². The van der Waals surface area contributed by atoms with Gasteiger partial charge in [-0.3, -0.25) is 0 Å². The second kappa shape index (κ2) is 3.40. The van der Waals surface area contributed by atoms with Gasteiger partial charge in [0.15, 0.2) is 0 Å². The Labute approximate surface area is 72.5 Å². The molecule has 0 atom stereocenters. The second-order valence-electron chi connectivity index (χ2n) is 0.715. The van der Waals surface area contributed by atoms with Crippen molar-refractivity contribution in [2.75, 3.05) is 0 Å². The van der Waals surface area contributed by atoms with Crippen LogP contribution in [0.1, 0.15) is 0 Å². The van der Waals surface area contributed by atoms with E-state index < -0.39 is 6.16 Å². The Kier molecular flexibility index (Phi) is 5.43. The van der Waals surface area contributed by atoms with E-state index in [1.807, 2.05) is 0 Å². The molecule has 1 fully saturated rings. The van der Waals surface area contributed by atoms with Crippen LogP contribution in [-0.4, -0.2) is 45.9 Å². The van der Waals surface area contributed by atoms with Gasteiger partial charge in [0.25, 0.3) is 0 Å². The minimum atomic E-state index is -2.25. The van der Waals surface area contributed by atoms with Gasteiger partial charge in [-0.1, -0.05) is 0 Å². The Morgan fingerprint density at radius 2 is 1.29 bits per heavy atom. The van der Waals surface area contributed by atoms with Gasteiger partial charge in [0.05, 0.1) is 0 Å². The standard InChI is InChI=1S/CH2O4.Mn.Na.H/c2-1(3)4-5-1;;;/h2-3H;;;. The van der Waals surface area contributed by atoms with Crippen LogP contribution in [0.25, 0.3) is 0 Å². The summed E-state index contributed by atoms with van der Waals surface area (Å²) in [6.07, 6.45) is -2.25. The maximum absolute atomic E-state index is 7.74. The zero-order chi connectivity index (χ0) is 3.91. The molecule has 39 valence electrons. The van der Waals surface area contributed by atoms with E-state index in [1.165, 1.54) is 0 Å². The van der Waals surface area contributed by atoms with Gasteiger partial charge in [-0.05, 0) is 0 Å². The molecule has 1 aliphatic rings. The molecule has 0 aromatic heterocycles. The Morgan fingerprint density at radius 1 is 1.14 bits per heavy atom. The van der Waals surface area contributed by atoms with E-state index >= 15 is 0 Å². The molecule has 0 amide bonds. The SMILES string of the molecule is OC1(O)OO1.[Mn].[NaH]. The van der Waals surface area contributed by atoms with Crippen LogP contribution in [0.15, 0.2) is 0 Å². The van der Waals surface area contributed by atoms with Crippen molar-refractivity contribution in [3.8, 4) is 0 Å². The third kappa shape index (κ3) is 5.23. The fourth-order valence-electron chi connectivity index (χ4n) is 0.0373. The molecule has 1 aliphatic heterocycles. The molecule has 2 N–H and O–H groups in total. The second-order valence-corrected chi connectivity index (χ2v) is 0.715. The summed E-state index contributed by atoms with van der Waals surface area (Å²) in [7, 11) is 0. The molecule has 6 heteroatoms. The van der Waals surface area contributed by atoms with E-state index in [9.17, 15) is 0 Å². The summed E-state index contributed by atoms with van der Waals surface area (Å²) in [6, 6.07) is 0. The topological polar surface area (TPSA) is 65.5 Å². The molecule has 1 heterocycles. The molecule has 0 aromatic rings. The summed E-state index contributed by atoms with van der Waals surface area (Å²) in [5.41, 5.74) is 0. The van der Waals surface area contributed by atoms with Crippen molar-refractivity contribution in [2.45, 2.75) is 6.16 Å². The predicted molar refractivity (Wildman–Crippen MR) is 16.5 cm³/mol.